The molecule has 0 aliphatic rings. The van der Waals surface area contributed by atoms with Gasteiger partial charge in [-0.3, -0.25) is 0 Å². The van der Waals surface area contributed by atoms with Crippen molar-refractivity contribution in [3.63, 3.8) is 0 Å². The third-order valence-electron chi connectivity index (χ3n) is 2.94. The standard InChI is InChI=1S/C14H11N3O3/c1-20-10-6-4-9(5-7-10)12-15-13-11(14(18)19)3-2-8-17(13)16-12/h2-8H,1H3,(H,18,19). The van der Waals surface area contributed by atoms with Crippen molar-refractivity contribution in [3.8, 4) is 17.1 Å². The van der Waals surface area contributed by atoms with E-state index >= 15 is 0 Å². The second-order valence-electron chi connectivity index (χ2n) is 4.16. The Hall–Kier alpha value is -2.89. The lowest BCUT2D eigenvalue weighted by Gasteiger charge is -1.99. The van der Waals surface area contributed by atoms with E-state index in [0.29, 0.717) is 11.5 Å². The third-order valence-corrected chi connectivity index (χ3v) is 2.94. The Morgan fingerprint density at radius 2 is 2.00 bits per heavy atom. The maximum absolute atomic E-state index is 11.1. The van der Waals surface area contributed by atoms with Crippen molar-refractivity contribution in [2.45, 2.75) is 0 Å². The molecule has 0 radical (unpaired) electrons. The minimum Gasteiger partial charge on any atom is -0.497 e. The molecule has 0 amide bonds. The summed E-state index contributed by atoms with van der Waals surface area (Å²) in [6, 6.07) is 10.4. The van der Waals surface area contributed by atoms with Gasteiger partial charge < -0.3 is 9.84 Å². The van der Waals surface area contributed by atoms with E-state index < -0.39 is 5.97 Å². The summed E-state index contributed by atoms with van der Waals surface area (Å²) in [4.78, 5) is 15.4. The molecule has 0 aliphatic carbocycles. The van der Waals surface area contributed by atoms with Crippen LogP contribution < -0.4 is 4.74 Å². The fraction of sp³-hybridized carbons (Fsp3) is 0.0714. The van der Waals surface area contributed by atoms with E-state index in [0.717, 1.165) is 11.3 Å². The molecule has 0 bridgehead atoms. The zero-order chi connectivity index (χ0) is 14.1. The lowest BCUT2D eigenvalue weighted by atomic mass is 10.2. The number of carboxylic acid groups (broad SMARTS) is 1. The monoisotopic (exact) mass is 269 g/mol. The van der Waals surface area contributed by atoms with Crippen LogP contribution in [0.3, 0.4) is 0 Å². The summed E-state index contributed by atoms with van der Waals surface area (Å²) < 4.78 is 6.55. The first kappa shape index (κ1) is 12.2. The van der Waals surface area contributed by atoms with Crippen molar-refractivity contribution < 1.29 is 14.6 Å². The molecule has 0 aliphatic heterocycles. The van der Waals surface area contributed by atoms with E-state index in [1.807, 2.05) is 12.1 Å². The maximum atomic E-state index is 11.1. The first-order valence-corrected chi connectivity index (χ1v) is 5.92. The van der Waals surface area contributed by atoms with Gasteiger partial charge in [0.1, 0.15) is 11.3 Å². The average Bonchev–Trinajstić information content (AvgIpc) is 2.90. The largest absolute Gasteiger partial charge is 0.497 e. The number of fused-ring (bicyclic) bond motifs is 1. The Morgan fingerprint density at radius 1 is 1.25 bits per heavy atom. The molecule has 3 aromatic rings. The van der Waals surface area contributed by atoms with Crippen molar-refractivity contribution >= 4 is 11.6 Å². The van der Waals surface area contributed by atoms with Crippen LogP contribution in [0.5, 0.6) is 5.75 Å². The van der Waals surface area contributed by atoms with E-state index in [1.54, 1.807) is 31.5 Å². The molecule has 6 nitrogen and oxygen atoms in total. The van der Waals surface area contributed by atoms with Crippen LogP contribution in [0.1, 0.15) is 10.4 Å². The Kier molecular flexibility index (Phi) is 2.83. The number of hydrogen-bond acceptors (Lipinski definition) is 4. The minimum atomic E-state index is -1.02. The summed E-state index contributed by atoms with van der Waals surface area (Å²) in [5.41, 5.74) is 1.25. The molecule has 2 heterocycles. The van der Waals surface area contributed by atoms with E-state index in [2.05, 4.69) is 10.1 Å². The Morgan fingerprint density at radius 3 is 2.65 bits per heavy atom. The number of carbonyl (C=O) groups is 1. The third kappa shape index (κ3) is 1.97. The molecule has 1 N–H and O–H groups in total. The lowest BCUT2D eigenvalue weighted by molar-refractivity contribution is 0.0698. The number of aromatic carboxylic acids is 1. The van der Waals surface area contributed by atoms with E-state index in [1.165, 1.54) is 10.6 Å². The van der Waals surface area contributed by atoms with Gasteiger partial charge in [0, 0.05) is 11.8 Å². The Labute approximate surface area is 114 Å². The zero-order valence-corrected chi connectivity index (χ0v) is 10.6. The van der Waals surface area contributed by atoms with Crippen molar-refractivity contribution in [1.82, 2.24) is 14.6 Å². The number of pyridine rings is 1. The lowest BCUT2D eigenvalue weighted by Crippen LogP contribution is -2.00. The quantitative estimate of drug-likeness (QED) is 0.788. The van der Waals surface area contributed by atoms with Gasteiger partial charge in [-0.25, -0.2) is 14.3 Å². The van der Waals surface area contributed by atoms with Crippen LogP contribution in [-0.4, -0.2) is 32.8 Å². The highest BCUT2D eigenvalue weighted by molar-refractivity contribution is 5.94. The molecule has 0 fully saturated rings. The topological polar surface area (TPSA) is 76.7 Å². The van der Waals surface area contributed by atoms with Crippen LogP contribution in [-0.2, 0) is 0 Å². The molecule has 6 heteroatoms. The molecule has 2 aromatic heterocycles. The number of ether oxygens (including phenoxy) is 1. The molecule has 3 rings (SSSR count). The molecular weight excluding hydrogens is 258 g/mol. The number of aromatic nitrogens is 3. The van der Waals surface area contributed by atoms with Crippen LogP contribution in [0, 0.1) is 0 Å². The smallest absolute Gasteiger partial charge is 0.339 e. The van der Waals surface area contributed by atoms with Crippen LogP contribution in [0.15, 0.2) is 42.6 Å². The summed E-state index contributed by atoms with van der Waals surface area (Å²) in [7, 11) is 1.59. The molecule has 0 atom stereocenters. The number of rotatable bonds is 3. The number of hydrogen-bond donors (Lipinski definition) is 1. The summed E-state index contributed by atoms with van der Waals surface area (Å²) in [6.07, 6.45) is 1.67. The summed E-state index contributed by atoms with van der Waals surface area (Å²) in [5, 5.41) is 13.4. The van der Waals surface area contributed by atoms with E-state index in [4.69, 9.17) is 9.84 Å². The first-order chi connectivity index (χ1) is 9.69. The summed E-state index contributed by atoms with van der Waals surface area (Å²) in [5.74, 6) is 0.189. The molecular formula is C14H11N3O3. The SMILES string of the molecule is COc1ccc(-c2nc3c(C(=O)O)cccn3n2)cc1. The fourth-order valence-electron chi connectivity index (χ4n) is 1.94. The van der Waals surface area contributed by atoms with Crippen LogP contribution >= 0.6 is 0 Å². The van der Waals surface area contributed by atoms with E-state index in [9.17, 15) is 4.79 Å². The predicted molar refractivity (Wildman–Crippen MR) is 71.9 cm³/mol. The molecule has 0 spiro atoms. The van der Waals surface area contributed by atoms with Gasteiger partial charge in [-0.05, 0) is 36.4 Å². The number of methoxy groups -OCH3 is 1. The Bertz CT molecular complexity index is 778. The number of carboxylic acids is 1. The van der Waals surface area contributed by atoms with Gasteiger partial charge in [0.05, 0.1) is 7.11 Å². The van der Waals surface area contributed by atoms with Gasteiger partial charge >= 0.3 is 5.97 Å². The normalized spacial score (nSPS) is 10.7. The Balaban J connectivity index is 2.12. The molecule has 0 saturated heterocycles. The number of benzene rings is 1. The van der Waals surface area contributed by atoms with Crippen molar-refractivity contribution in [3.05, 3.63) is 48.2 Å². The van der Waals surface area contributed by atoms with Gasteiger partial charge in [-0.15, -0.1) is 5.10 Å². The second-order valence-corrected chi connectivity index (χ2v) is 4.16. The van der Waals surface area contributed by atoms with Gasteiger partial charge in [0.25, 0.3) is 0 Å². The average molecular weight is 269 g/mol. The van der Waals surface area contributed by atoms with Gasteiger partial charge in [0.2, 0.25) is 0 Å². The van der Waals surface area contributed by atoms with Crippen LogP contribution in [0.25, 0.3) is 17.0 Å². The first-order valence-electron chi connectivity index (χ1n) is 5.92. The summed E-state index contributed by atoms with van der Waals surface area (Å²) >= 11 is 0. The number of nitrogens with zero attached hydrogens (tertiary/aromatic N) is 3. The van der Waals surface area contributed by atoms with Crippen LogP contribution in [0.4, 0.5) is 0 Å². The maximum Gasteiger partial charge on any atom is 0.339 e. The van der Waals surface area contributed by atoms with Crippen molar-refractivity contribution in [2.24, 2.45) is 0 Å². The van der Waals surface area contributed by atoms with Gasteiger partial charge in [-0.2, -0.15) is 0 Å². The van der Waals surface area contributed by atoms with Crippen LogP contribution in [0.2, 0.25) is 0 Å². The fourth-order valence-corrected chi connectivity index (χ4v) is 1.94. The molecule has 20 heavy (non-hydrogen) atoms. The predicted octanol–water partition coefficient (Wildman–Crippen LogP) is 2.10. The second kappa shape index (κ2) is 4.65. The highest BCUT2D eigenvalue weighted by Crippen LogP contribution is 2.21. The van der Waals surface area contributed by atoms with E-state index in [-0.39, 0.29) is 5.56 Å². The minimum absolute atomic E-state index is 0.125. The molecule has 100 valence electrons. The van der Waals surface area contributed by atoms with Crippen molar-refractivity contribution in [1.29, 1.82) is 0 Å². The molecule has 0 unspecified atom stereocenters. The summed E-state index contributed by atoms with van der Waals surface area (Å²) in [6.45, 7) is 0. The van der Waals surface area contributed by atoms with Gasteiger partial charge in [-0.1, -0.05) is 0 Å². The molecule has 0 saturated carbocycles. The highest BCUT2D eigenvalue weighted by Gasteiger charge is 2.13. The highest BCUT2D eigenvalue weighted by atomic mass is 16.5. The van der Waals surface area contributed by atoms with Gasteiger partial charge in [0.15, 0.2) is 11.5 Å². The molecule has 1 aromatic carbocycles. The zero-order valence-electron chi connectivity index (χ0n) is 10.6. The van der Waals surface area contributed by atoms with Crippen molar-refractivity contribution in [2.75, 3.05) is 7.11 Å².